The van der Waals surface area contributed by atoms with Gasteiger partial charge in [-0.05, 0) is 17.7 Å². The van der Waals surface area contributed by atoms with Crippen molar-refractivity contribution in [2.75, 3.05) is 6.54 Å². The zero-order valence-corrected chi connectivity index (χ0v) is 7.74. The first kappa shape index (κ1) is 9.29. The molecule has 0 unspecified atom stereocenters. The van der Waals surface area contributed by atoms with Crippen LogP contribution in [0.1, 0.15) is 5.56 Å². The minimum absolute atomic E-state index is 0.783. The molecule has 0 aliphatic heterocycles. The van der Waals surface area contributed by atoms with Crippen molar-refractivity contribution >= 4 is 12.8 Å². The number of hydrogen-bond acceptors (Lipinski definition) is 3. The van der Waals surface area contributed by atoms with Crippen LogP contribution >= 0.6 is 12.8 Å². The molecule has 0 aromatic carbocycles. The maximum Gasteiger partial charge on any atom is 0.0342 e. The lowest BCUT2D eigenvalue weighted by Crippen LogP contribution is -2.11. The van der Waals surface area contributed by atoms with Crippen LogP contribution in [0.15, 0.2) is 37.2 Å². The van der Waals surface area contributed by atoms with E-state index in [0.717, 1.165) is 13.1 Å². The van der Waals surface area contributed by atoms with Gasteiger partial charge in [-0.3, -0.25) is 4.98 Å². The third-order valence-corrected chi connectivity index (χ3v) is 1.76. The second-order valence-electron chi connectivity index (χ2n) is 2.49. The van der Waals surface area contributed by atoms with Crippen molar-refractivity contribution in [2.45, 2.75) is 6.54 Å². The van der Waals surface area contributed by atoms with E-state index in [1.807, 2.05) is 22.5 Å². The van der Waals surface area contributed by atoms with Gasteiger partial charge in [-0.1, -0.05) is 18.9 Å². The second kappa shape index (κ2) is 4.95. The molecule has 64 valence electrons. The van der Waals surface area contributed by atoms with Gasteiger partial charge in [0, 0.05) is 25.5 Å². The molecule has 0 aliphatic carbocycles. The summed E-state index contributed by atoms with van der Waals surface area (Å²) >= 11 is 4.26. The highest BCUT2D eigenvalue weighted by Gasteiger charge is 1.96. The van der Waals surface area contributed by atoms with Crippen LogP contribution in [0.3, 0.4) is 0 Å². The Hall–Kier alpha value is -0.800. The summed E-state index contributed by atoms with van der Waals surface area (Å²) in [5.74, 6) is 0. The van der Waals surface area contributed by atoms with Crippen molar-refractivity contribution in [3.63, 3.8) is 0 Å². The molecule has 0 radical (unpaired) electrons. The summed E-state index contributed by atoms with van der Waals surface area (Å²) < 4.78 is 1.89. The third-order valence-electron chi connectivity index (χ3n) is 1.45. The summed E-state index contributed by atoms with van der Waals surface area (Å²) in [6.07, 6.45) is 5.39. The van der Waals surface area contributed by atoms with Crippen molar-refractivity contribution in [3.8, 4) is 0 Å². The maximum atomic E-state index is 4.26. The molecule has 0 atom stereocenters. The quantitative estimate of drug-likeness (QED) is 0.563. The Morgan fingerprint density at radius 1 is 1.50 bits per heavy atom. The highest BCUT2D eigenvalue weighted by atomic mass is 32.1. The van der Waals surface area contributed by atoms with Crippen LogP contribution in [-0.2, 0) is 6.54 Å². The number of aromatic nitrogens is 1. The van der Waals surface area contributed by atoms with E-state index >= 15 is 0 Å². The van der Waals surface area contributed by atoms with Crippen LogP contribution in [0.4, 0.5) is 0 Å². The minimum atomic E-state index is 0.783. The Morgan fingerprint density at radius 3 is 2.75 bits per heavy atom. The molecule has 0 saturated carbocycles. The van der Waals surface area contributed by atoms with Gasteiger partial charge in [0.25, 0.3) is 0 Å². The predicted octanol–water partition coefficient (Wildman–Crippen LogP) is 1.91. The Kier molecular flexibility index (Phi) is 3.84. The lowest BCUT2D eigenvalue weighted by molar-refractivity contribution is 0.523. The first-order valence-electron chi connectivity index (χ1n) is 3.76. The Morgan fingerprint density at radius 2 is 2.17 bits per heavy atom. The van der Waals surface area contributed by atoms with Crippen LogP contribution in [0.25, 0.3) is 0 Å². The molecule has 0 aliphatic rings. The summed E-state index contributed by atoms with van der Waals surface area (Å²) in [5, 5.41) is 0. The van der Waals surface area contributed by atoms with Gasteiger partial charge in [-0.2, -0.15) is 0 Å². The summed E-state index contributed by atoms with van der Waals surface area (Å²) in [7, 11) is 0. The zero-order chi connectivity index (χ0) is 8.81. The molecule has 0 saturated heterocycles. The van der Waals surface area contributed by atoms with E-state index in [1.54, 1.807) is 12.4 Å². The molecule has 1 heterocycles. The summed E-state index contributed by atoms with van der Waals surface area (Å²) in [5.41, 5.74) is 1.21. The normalized spacial score (nSPS) is 10.2. The molecule has 3 heteroatoms. The van der Waals surface area contributed by atoms with Crippen molar-refractivity contribution in [3.05, 3.63) is 42.7 Å². The monoisotopic (exact) mass is 180 g/mol. The number of rotatable bonds is 4. The lowest BCUT2D eigenvalue weighted by Gasteiger charge is -2.11. The molecule has 1 aromatic rings. The molecular formula is C9H12N2S. The first-order chi connectivity index (χ1) is 5.83. The highest BCUT2D eigenvalue weighted by Crippen LogP contribution is 2.04. The summed E-state index contributed by atoms with van der Waals surface area (Å²) in [6, 6.07) is 3.96. The molecule has 0 fully saturated rings. The van der Waals surface area contributed by atoms with E-state index in [4.69, 9.17) is 0 Å². The smallest absolute Gasteiger partial charge is 0.0342 e. The van der Waals surface area contributed by atoms with Crippen molar-refractivity contribution in [1.82, 2.24) is 9.29 Å². The largest absolute Gasteiger partial charge is 0.265 e. The Bertz CT molecular complexity index is 236. The molecular weight excluding hydrogens is 168 g/mol. The van der Waals surface area contributed by atoms with E-state index < -0.39 is 0 Å². The highest BCUT2D eigenvalue weighted by molar-refractivity contribution is 7.77. The number of thiol groups is 1. The third kappa shape index (κ3) is 3.07. The summed E-state index contributed by atoms with van der Waals surface area (Å²) in [6.45, 7) is 5.24. The Balaban J connectivity index is 2.46. The molecule has 0 amide bonds. The number of hydrogen-bond donors (Lipinski definition) is 1. The molecule has 1 aromatic heterocycles. The second-order valence-corrected chi connectivity index (χ2v) is 3.06. The fraction of sp³-hybridized carbons (Fsp3) is 0.222. The number of nitrogens with zero attached hydrogens (tertiary/aromatic N) is 2. The van der Waals surface area contributed by atoms with Gasteiger partial charge in [0.1, 0.15) is 0 Å². The molecule has 1 rings (SSSR count). The summed E-state index contributed by atoms with van der Waals surface area (Å²) in [4.78, 5) is 3.94. The van der Waals surface area contributed by atoms with Crippen molar-refractivity contribution < 1.29 is 0 Å². The molecule has 12 heavy (non-hydrogen) atoms. The SMILES string of the molecule is C=CCN(S)Cc1ccncc1. The van der Waals surface area contributed by atoms with Crippen LogP contribution in [0.2, 0.25) is 0 Å². The fourth-order valence-corrected chi connectivity index (χ4v) is 1.19. The van der Waals surface area contributed by atoms with Gasteiger partial charge in [0.05, 0.1) is 0 Å². The van der Waals surface area contributed by atoms with E-state index in [2.05, 4.69) is 24.4 Å². The van der Waals surface area contributed by atoms with E-state index in [-0.39, 0.29) is 0 Å². The van der Waals surface area contributed by atoms with Gasteiger partial charge in [0.15, 0.2) is 0 Å². The van der Waals surface area contributed by atoms with E-state index in [9.17, 15) is 0 Å². The van der Waals surface area contributed by atoms with Gasteiger partial charge in [-0.15, -0.1) is 6.58 Å². The van der Waals surface area contributed by atoms with Crippen LogP contribution in [0, 0.1) is 0 Å². The standard InChI is InChI=1S/C9H12N2S/c1-2-7-11(12)8-9-3-5-10-6-4-9/h2-6,12H,1,7-8H2. The Labute approximate surface area is 78.5 Å². The van der Waals surface area contributed by atoms with Crippen LogP contribution in [0.5, 0.6) is 0 Å². The maximum absolute atomic E-state index is 4.26. The minimum Gasteiger partial charge on any atom is -0.265 e. The van der Waals surface area contributed by atoms with E-state index in [1.165, 1.54) is 5.56 Å². The molecule has 0 N–H and O–H groups in total. The van der Waals surface area contributed by atoms with Gasteiger partial charge in [0.2, 0.25) is 0 Å². The molecule has 2 nitrogen and oxygen atoms in total. The fourth-order valence-electron chi connectivity index (χ4n) is 0.913. The van der Waals surface area contributed by atoms with Crippen molar-refractivity contribution in [2.24, 2.45) is 0 Å². The average molecular weight is 180 g/mol. The van der Waals surface area contributed by atoms with Crippen LogP contribution in [-0.4, -0.2) is 15.8 Å². The van der Waals surface area contributed by atoms with Crippen molar-refractivity contribution in [1.29, 1.82) is 0 Å². The predicted molar refractivity (Wildman–Crippen MR) is 53.8 cm³/mol. The lowest BCUT2D eigenvalue weighted by atomic mass is 10.3. The zero-order valence-electron chi connectivity index (χ0n) is 6.85. The van der Waals surface area contributed by atoms with E-state index in [0.29, 0.717) is 0 Å². The van der Waals surface area contributed by atoms with Gasteiger partial charge in [-0.25, -0.2) is 4.31 Å². The molecule has 0 bridgehead atoms. The number of pyridine rings is 1. The van der Waals surface area contributed by atoms with Gasteiger partial charge >= 0.3 is 0 Å². The first-order valence-corrected chi connectivity index (χ1v) is 4.16. The van der Waals surface area contributed by atoms with Gasteiger partial charge < -0.3 is 0 Å². The molecule has 0 spiro atoms. The van der Waals surface area contributed by atoms with Crippen LogP contribution < -0.4 is 0 Å². The topological polar surface area (TPSA) is 16.1 Å². The average Bonchev–Trinajstić information content (AvgIpc) is 2.06.